The fraction of sp³-hybridized carbons (Fsp3) is 0.500. The molecule has 2 aliphatic heterocycles. The smallest absolute Gasteiger partial charge is 0.278 e. The monoisotopic (exact) mass is 368 g/mol. The van der Waals surface area contributed by atoms with Gasteiger partial charge in [0.15, 0.2) is 0 Å². The molecule has 2 saturated heterocycles. The Morgan fingerprint density at radius 2 is 1.81 bits per heavy atom. The van der Waals surface area contributed by atoms with Crippen LogP contribution < -0.4 is 4.90 Å². The third-order valence-electron chi connectivity index (χ3n) is 5.77. The van der Waals surface area contributed by atoms with E-state index in [9.17, 15) is 14.9 Å². The van der Waals surface area contributed by atoms with E-state index < -0.39 is 0 Å². The van der Waals surface area contributed by atoms with Crippen molar-refractivity contribution in [2.24, 2.45) is 5.92 Å². The molecule has 2 fully saturated rings. The molecule has 0 bridgehead atoms. The molecule has 3 heterocycles. The average molecular weight is 368 g/mol. The predicted octanol–water partition coefficient (Wildman–Crippen LogP) is 3.37. The van der Waals surface area contributed by atoms with Crippen LogP contribution in [-0.4, -0.2) is 46.9 Å². The van der Waals surface area contributed by atoms with E-state index in [0.717, 1.165) is 57.5 Å². The number of fused-ring (bicyclic) bond motifs is 1. The van der Waals surface area contributed by atoms with E-state index in [-0.39, 0.29) is 16.5 Å². The lowest BCUT2D eigenvalue weighted by atomic mass is 9.93. The first-order valence-corrected chi connectivity index (χ1v) is 9.71. The normalized spacial score (nSPS) is 18.7. The number of non-ortho nitro benzene ring substituents is 1. The second kappa shape index (κ2) is 7.50. The van der Waals surface area contributed by atoms with Gasteiger partial charge in [0.1, 0.15) is 5.52 Å². The van der Waals surface area contributed by atoms with Crippen molar-refractivity contribution in [1.29, 1.82) is 0 Å². The molecule has 27 heavy (non-hydrogen) atoms. The number of nitro benzene ring substituents is 1. The third kappa shape index (κ3) is 3.46. The van der Waals surface area contributed by atoms with E-state index in [2.05, 4.69) is 9.88 Å². The fourth-order valence-corrected chi connectivity index (χ4v) is 4.30. The van der Waals surface area contributed by atoms with Crippen LogP contribution in [0.2, 0.25) is 0 Å². The van der Waals surface area contributed by atoms with E-state index >= 15 is 0 Å². The first kappa shape index (κ1) is 17.7. The van der Waals surface area contributed by atoms with E-state index in [1.807, 2.05) is 4.90 Å². The number of rotatable bonds is 3. The maximum Gasteiger partial charge on any atom is 0.278 e. The Morgan fingerprint density at radius 1 is 1.07 bits per heavy atom. The molecule has 1 aromatic heterocycles. The van der Waals surface area contributed by atoms with Gasteiger partial charge in [0, 0.05) is 44.4 Å². The number of benzene rings is 1. The van der Waals surface area contributed by atoms with Crippen LogP contribution in [-0.2, 0) is 4.79 Å². The summed E-state index contributed by atoms with van der Waals surface area (Å²) in [4.78, 5) is 32.3. The van der Waals surface area contributed by atoms with Crippen LogP contribution in [0.3, 0.4) is 0 Å². The van der Waals surface area contributed by atoms with Crippen LogP contribution in [0.15, 0.2) is 30.5 Å². The van der Waals surface area contributed by atoms with Crippen molar-refractivity contribution >= 4 is 28.2 Å². The SMILES string of the molecule is O=C(C1CCN(c2ccc([N+](=O)[O-])c3cccnc23)CC1)N1CCCCC1. The highest BCUT2D eigenvalue weighted by atomic mass is 16.6. The summed E-state index contributed by atoms with van der Waals surface area (Å²) in [5, 5.41) is 11.9. The Labute approximate surface area is 158 Å². The summed E-state index contributed by atoms with van der Waals surface area (Å²) in [5.41, 5.74) is 1.66. The van der Waals surface area contributed by atoms with Crippen molar-refractivity contribution in [3.05, 3.63) is 40.6 Å². The molecule has 4 rings (SSSR count). The lowest BCUT2D eigenvalue weighted by molar-refractivity contribution is -0.383. The van der Waals surface area contributed by atoms with Gasteiger partial charge in [-0.2, -0.15) is 0 Å². The number of anilines is 1. The molecular weight excluding hydrogens is 344 g/mol. The largest absolute Gasteiger partial charge is 0.370 e. The Kier molecular flexibility index (Phi) is 4.92. The fourth-order valence-electron chi connectivity index (χ4n) is 4.30. The molecule has 0 aliphatic carbocycles. The first-order valence-electron chi connectivity index (χ1n) is 9.71. The maximum atomic E-state index is 12.7. The van der Waals surface area contributed by atoms with Gasteiger partial charge >= 0.3 is 0 Å². The Hall–Kier alpha value is -2.70. The minimum absolute atomic E-state index is 0.0806. The minimum Gasteiger partial charge on any atom is -0.370 e. The molecule has 0 radical (unpaired) electrons. The van der Waals surface area contributed by atoms with Gasteiger partial charge in [-0.1, -0.05) is 0 Å². The van der Waals surface area contributed by atoms with Crippen molar-refractivity contribution in [3.63, 3.8) is 0 Å². The summed E-state index contributed by atoms with van der Waals surface area (Å²) in [6, 6.07) is 6.82. The van der Waals surface area contributed by atoms with Crippen LogP contribution in [0.4, 0.5) is 11.4 Å². The number of pyridine rings is 1. The second-order valence-corrected chi connectivity index (χ2v) is 7.41. The Bertz CT molecular complexity index is 855. The van der Waals surface area contributed by atoms with Crippen LogP contribution in [0.1, 0.15) is 32.1 Å². The lowest BCUT2D eigenvalue weighted by Gasteiger charge is -2.36. The molecule has 7 heteroatoms. The lowest BCUT2D eigenvalue weighted by Crippen LogP contribution is -2.44. The van der Waals surface area contributed by atoms with Gasteiger partial charge in [0.25, 0.3) is 5.69 Å². The average Bonchev–Trinajstić information content (AvgIpc) is 2.73. The molecule has 0 saturated carbocycles. The third-order valence-corrected chi connectivity index (χ3v) is 5.77. The van der Waals surface area contributed by atoms with Gasteiger partial charge in [-0.05, 0) is 50.3 Å². The zero-order valence-electron chi connectivity index (χ0n) is 15.3. The number of carbonyl (C=O) groups is 1. The summed E-state index contributed by atoms with van der Waals surface area (Å²) in [6.07, 6.45) is 6.77. The van der Waals surface area contributed by atoms with Crippen molar-refractivity contribution in [2.75, 3.05) is 31.1 Å². The highest BCUT2D eigenvalue weighted by molar-refractivity contribution is 5.97. The van der Waals surface area contributed by atoms with Gasteiger partial charge in [-0.15, -0.1) is 0 Å². The number of likely N-dealkylation sites (tertiary alicyclic amines) is 1. The van der Waals surface area contributed by atoms with Crippen molar-refractivity contribution < 1.29 is 9.72 Å². The zero-order chi connectivity index (χ0) is 18.8. The van der Waals surface area contributed by atoms with Gasteiger partial charge in [-0.25, -0.2) is 0 Å². The van der Waals surface area contributed by atoms with Crippen molar-refractivity contribution in [2.45, 2.75) is 32.1 Å². The molecule has 2 aromatic rings. The second-order valence-electron chi connectivity index (χ2n) is 7.41. The van der Waals surface area contributed by atoms with Crippen LogP contribution in [0, 0.1) is 16.0 Å². The number of nitro groups is 1. The van der Waals surface area contributed by atoms with E-state index in [4.69, 9.17) is 0 Å². The molecule has 0 N–H and O–H groups in total. The molecule has 1 amide bonds. The molecule has 0 spiro atoms. The van der Waals surface area contributed by atoms with Crippen LogP contribution in [0.25, 0.3) is 10.9 Å². The van der Waals surface area contributed by atoms with E-state index in [1.165, 1.54) is 6.42 Å². The quantitative estimate of drug-likeness (QED) is 0.613. The summed E-state index contributed by atoms with van der Waals surface area (Å²) < 4.78 is 0. The number of hydrogen-bond acceptors (Lipinski definition) is 5. The van der Waals surface area contributed by atoms with Gasteiger partial charge in [0.05, 0.1) is 16.0 Å². The molecule has 0 unspecified atom stereocenters. The molecule has 7 nitrogen and oxygen atoms in total. The molecule has 142 valence electrons. The Morgan fingerprint density at radius 3 is 2.52 bits per heavy atom. The van der Waals surface area contributed by atoms with Crippen LogP contribution in [0.5, 0.6) is 0 Å². The number of piperidine rings is 2. The summed E-state index contributed by atoms with van der Waals surface area (Å²) >= 11 is 0. The molecular formula is C20H24N4O3. The summed E-state index contributed by atoms with van der Waals surface area (Å²) in [6.45, 7) is 3.34. The standard InChI is InChI=1S/C20H24N4O3/c25-20(23-11-2-1-3-12-23)15-8-13-22(14-9-15)18-7-6-17(24(26)27)16-5-4-10-21-19(16)18/h4-7,10,15H,1-3,8-9,11-14H2. The predicted molar refractivity (Wildman–Crippen MR) is 104 cm³/mol. The van der Waals surface area contributed by atoms with Gasteiger partial charge in [0.2, 0.25) is 5.91 Å². The van der Waals surface area contributed by atoms with E-state index in [0.29, 0.717) is 16.8 Å². The number of nitrogens with zero attached hydrogens (tertiary/aromatic N) is 4. The molecule has 0 atom stereocenters. The van der Waals surface area contributed by atoms with Crippen molar-refractivity contribution in [1.82, 2.24) is 9.88 Å². The van der Waals surface area contributed by atoms with Crippen molar-refractivity contribution in [3.8, 4) is 0 Å². The number of carbonyl (C=O) groups excluding carboxylic acids is 1. The molecule has 2 aliphatic rings. The topological polar surface area (TPSA) is 79.6 Å². The van der Waals surface area contributed by atoms with Gasteiger partial charge in [-0.3, -0.25) is 19.9 Å². The van der Waals surface area contributed by atoms with E-state index in [1.54, 1.807) is 30.5 Å². The zero-order valence-corrected chi connectivity index (χ0v) is 15.3. The molecule has 1 aromatic carbocycles. The number of amides is 1. The number of hydrogen-bond donors (Lipinski definition) is 0. The minimum atomic E-state index is -0.364. The first-order chi connectivity index (χ1) is 13.1. The highest BCUT2D eigenvalue weighted by Crippen LogP contribution is 2.34. The summed E-state index contributed by atoms with van der Waals surface area (Å²) in [7, 11) is 0. The van der Waals surface area contributed by atoms with Crippen LogP contribution >= 0.6 is 0 Å². The maximum absolute atomic E-state index is 12.7. The Balaban J connectivity index is 1.51. The highest BCUT2D eigenvalue weighted by Gasteiger charge is 2.30. The summed E-state index contributed by atoms with van der Waals surface area (Å²) in [5.74, 6) is 0.401. The number of aromatic nitrogens is 1. The van der Waals surface area contributed by atoms with Gasteiger partial charge < -0.3 is 9.80 Å².